The summed E-state index contributed by atoms with van der Waals surface area (Å²) in [6.07, 6.45) is 0. The van der Waals surface area contributed by atoms with Crippen molar-refractivity contribution in [3.8, 4) is 0 Å². The molecule has 0 aliphatic rings. The second kappa shape index (κ2) is 2.71. The molecule has 0 saturated carbocycles. The van der Waals surface area contributed by atoms with Crippen LogP contribution in [0.15, 0.2) is 21.1 Å². The summed E-state index contributed by atoms with van der Waals surface area (Å²) in [7, 11) is 0. The first-order chi connectivity index (χ1) is 4.22. The molecular weight excluding hydrogens is 246 g/mol. The third-order valence-corrected chi connectivity index (χ3v) is 2.96. The Balaban J connectivity index is 3.25. The Bertz CT molecular complexity index is 202. The van der Waals surface area contributed by atoms with Gasteiger partial charge >= 0.3 is 0 Å². The van der Waals surface area contributed by atoms with Crippen molar-refractivity contribution in [2.75, 3.05) is 5.73 Å². The first kappa shape index (κ1) is 7.09. The van der Waals surface area contributed by atoms with Crippen LogP contribution in [0.4, 0.5) is 5.69 Å². The molecule has 1 rings (SSSR count). The zero-order valence-corrected chi connectivity index (χ0v) is 7.66. The standard InChI is InChI=1S/C6H4Br2N/c7-4-2-1-3-5(9)6(4)8/h1-2H,9H2. The lowest BCUT2D eigenvalue weighted by atomic mass is 10.3. The van der Waals surface area contributed by atoms with E-state index in [2.05, 4.69) is 37.9 Å². The Labute approximate surface area is 70.5 Å². The molecule has 1 aromatic rings. The summed E-state index contributed by atoms with van der Waals surface area (Å²) in [5.41, 5.74) is 6.12. The van der Waals surface area contributed by atoms with E-state index in [0.29, 0.717) is 5.69 Å². The Hall–Kier alpha value is -0.0200. The molecule has 1 radical (unpaired) electrons. The summed E-state index contributed by atoms with van der Waals surface area (Å²) < 4.78 is 1.82. The van der Waals surface area contributed by atoms with E-state index in [-0.39, 0.29) is 0 Å². The third-order valence-electron chi connectivity index (χ3n) is 0.915. The highest BCUT2D eigenvalue weighted by molar-refractivity contribution is 9.13. The Morgan fingerprint density at radius 3 is 2.56 bits per heavy atom. The van der Waals surface area contributed by atoms with Crippen molar-refractivity contribution in [1.29, 1.82) is 0 Å². The minimum absolute atomic E-state index is 0.629. The molecule has 0 spiro atoms. The molecule has 0 bridgehead atoms. The number of benzene rings is 1. The van der Waals surface area contributed by atoms with Gasteiger partial charge in [-0.05, 0) is 37.9 Å². The maximum atomic E-state index is 5.49. The monoisotopic (exact) mass is 248 g/mol. The van der Waals surface area contributed by atoms with Crippen molar-refractivity contribution in [3.05, 3.63) is 27.1 Å². The average Bonchev–Trinajstić information content (AvgIpc) is 1.83. The van der Waals surface area contributed by atoms with E-state index < -0.39 is 0 Å². The molecule has 47 valence electrons. The number of anilines is 1. The lowest BCUT2D eigenvalue weighted by Crippen LogP contribution is -1.85. The first-order valence-corrected chi connectivity index (χ1v) is 3.91. The summed E-state index contributed by atoms with van der Waals surface area (Å²) in [6.45, 7) is 0. The molecule has 9 heavy (non-hydrogen) atoms. The number of hydrogen-bond donors (Lipinski definition) is 1. The van der Waals surface area contributed by atoms with Gasteiger partial charge in [-0.3, -0.25) is 0 Å². The van der Waals surface area contributed by atoms with Gasteiger partial charge in [-0.15, -0.1) is 0 Å². The summed E-state index contributed by atoms with van der Waals surface area (Å²) in [6, 6.07) is 6.48. The molecule has 0 atom stereocenters. The molecule has 3 heteroatoms. The van der Waals surface area contributed by atoms with Crippen molar-refractivity contribution >= 4 is 37.5 Å². The summed E-state index contributed by atoms with van der Waals surface area (Å²) in [5.74, 6) is 0. The van der Waals surface area contributed by atoms with Crippen molar-refractivity contribution in [3.63, 3.8) is 0 Å². The Morgan fingerprint density at radius 1 is 1.44 bits per heavy atom. The molecule has 0 amide bonds. The number of hydrogen-bond acceptors (Lipinski definition) is 1. The zero-order valence-electron chi connectivity index (χ0n) is 4.49. The third kappa shape index (κ3) is 1.46. The van der Waals surface area contributed by atoms with Crippen molar-refractivity contribution in [1.82, 2.24) is 0 Å². The molecule has 0 aromatic heterocycles. The lowest BCUT2D eigenvalue weighted by Gasteiger charge is -1.96. The molecular formula is C6H4Br2N. The summed E-state index contributed by atoms with van der Waals surface area (Å²) >= 11 is 6.58. The van der Waals surface area contributed by atoms with Gasteiger partial charge in [0.05, 0.1) is 10.2 Å². The smallest absolute Gasteiger partial charge is 0.0553 e. The van der Waals surface area contributed by atoms with Crippen LogP contribution in [-0.4, -0.2) is 0 Å². The molecule has 0 unspecified atom stereocenters. The molecule has 0 heterocycles. The predicted molar refractivity (Wildman–Crippen MR) is 45.1 cm³/mol. The van der Waals surface area contributed by atoms with Crippen LogP contribution in [-0.2, 0) is 0 Å². The second-order valence-corrected chi connectivity index (χ2v) is 3.20. The Morgan fingerprint density at radius 2 is 2.11 bits per heavy atom. The van der Waals surface area contributed by atoms with Crippen LogP contribution in [0.3, 0.4) is 0 Å². The highest BCUT2D eigenvalue weighted by Crippen LogP contribution is 2.27. The van der Waals surface area contributed by atoms with Gasteiger partial charge in [-0.2, -0.15) is 0 Å². The maximum Gasteiger partial charge on any atom is 0.0553 e. The molecule has 0 fully saturated rings. The highest BCUT2D eigenvalue weighted by atomic mass is 79.9. The molecule has 0 aliphatic carbocycles. The van der Waals surface area contributed by atoms with Gasteiger partial charge in [0.1, 0.15) is 0 Å². The van der Waals surface area contributed by atoms with Crippen LogP contribution in [0, 0.1) is 6.07 Å². The first-order valence-electron chi connectivity index (χ1n) is 2.33. The van der Waals surface area contributed by atoms with Crippen LogP contribution < -0.4 is 5.73 Å². The minimum Gasteiger partial charge on any atom is -0.397 e. The van der Waals surface area contributed by atoms with Gasteiger partial charge in [0.2, 0.25) is 0 Å². The van der Waals surface area contributed by atoms with Crippen molar-refractivity contribution < 1.29 is 0 Å². The SMILES string of the molecule is Nc1[c]ccc(Br)c1Br. The molecule has 0 aliphatic heterocycles. The van der Waals surface area contributed by atoms with E-state index >= 15 is 0 Å². The van der Waals surface area contributed by atoms with Crippen LogP contribution in [0.5, 0.6) is 0 Å². The van der Waals surface area contributed by atoms with Crippen molar-refractivity contribution in [2.45, 2.75) is 0 Å². The van der Waals surface area contributed by atoms with Gasteiger partial charge in [0, 0.05) is 10.5 Å². The van der Waals surface area contributed by atoms with Crippen LogP contribution in [0.25, 0.3) is 0 Å². The topological polar surface area (TPSA) is 26.0 Å². The van der Waals surface area contributed by atoms with E-state index in [1.165, 1.54) is 0 Å². The average molecular weight is 250 g/mol. The van der Waals surface area contributed by atoms with E-state index in [9.17, 15) is 0 Å². The fourth-order valence-electron chi connectivity index (χ4n) is 0.470. The van der Waals surface area contributed by atoms with Gasteiger partial charge in [-0.1, -0.05) is 6.07 Å². The molecule has 1 nitrogen and oxygen atoms in total. The van der Waals surface area contributed by atoms with E-state index in [1.807, 2.05) is 6.07 Å². The largest absolute Gasteiger partial charge is 0.397 e. The molecule has 0 saturated heterocycles. The second-order valence-electron chi connectivity index (χ2n) is 1.55. The van der Waals surface area contributed by atoms with Gasteiger partial charge in [0.25, 0.3) is 0 Å². The predicted octanol–water partition coefficient (Wildman–Crippen LogP) is 2.59. The van der Waals surface area contributed by atoms with Gasteiger partial charge < -0.3 is 5.73 Å². The normalized spacial score (nSPS) is 9.56. The molecule has 2 N–H and O–H groups in total. The van der Waals surface area contributed by atoms with Crippen LogP contribution in [0.2, 0.25) is 0 Å². The number of nitrogens with two attached hydrogens (primary N) is 1. The maximum absolute atomic E-state index is 5.49. The minimum atomic E-state index is 0.629. The zero-order chi connectivity index (χ0) is 6.85. The lowest BCUT2D eigenvalue weighted by molar-refractivity contribution is 1.57. The molecule has 1 aromatic carbocycles. The summed E-state index contributed by atoms with van der Waals surface area (Å²) in [5, 5.41) is 0. The van der Waals surface area contributed by atoms with E-state index in [1.54, 1.807) is 6.07 Å². The fraction of sp³-hybridized carbons (Fsp3) is 0. The van der Waals surface area contributed by atoms with Gasteiger partial charge in [0.15, 0.2) is 0 Å². The number of rotatable bonds is 0. The Kier molecular flexibility index (Phi) is 2.13. The van der Waals surface area contributed by atoms with E-state index in [0.717, 1.165) is 8.95 Å². The number of nitrogen functional groups attached to an aromatic ring is 1. The quantitative estimate of drug-likeness (QED) is 0.703. The highest BCUT2D eigenvalue weighted by Gasteiger charge is 1.96. The van der Waals surface area contributed by atoms with Crippen molar-refractivity contribution in [2.24, 2.45) is 0 Å². The van der Waals surface area contributed by atoms with E-state index in [4.69, 9.17) is 5.73 Å². The van der Waals surface area contributed by atoms with Crippen LogP contribution >= 0.6 is 31.9 Å². The fourth-order valence-corrected chi connectivity index (χ4v) is 1.06. The van der Waals surface area contributed by atoms with Gasteiger partial charge in [-0.25, -0.2) is 0 Å². The number of halogens is 2. The van der Waals surface area contributed by atoms with Crippen LogP contribution in [0.1, 0.15) is 0 Å². The summed E-state index contributed by atoms with van der Waals surface area (Å²) in [4.78, 5) is 0.